The number of carbonyl (C=O) groups excluding carboxylic acids is 2. The number of fused-ring (bicyclic) bond motifs is 3. The molecule has 2 amide bonds. The van der Waals surface area contributed by atoms with Crippen molar-refractivity contribution in [1.82, 2.24) is 10.2 Å². The first kappa shape index (κ1) is 25.1. The third-order valence-corrected chi connectivity index (χ3v) is 8.07. The predicted octanol–water partition coefficient (Wildman–Crippen LogP) is 4.70. The van der Waals surface area contributed by atoms with E-state index in [-0.39, 0.29) is 29.7 Å². The first-order chi connectivity index (χ1) is 16.8. The minimum atomic E-state index is -1.02. The Bertz CT molecular complexity index is 1060. The topological polar surface area (TPSA) is 95.9 Å². The molecule has 1 heterocycles. The number of ether oxygens (including phenoxy) is 1. The van der Waals surface area contributed by atoms with Crippen LogP contribution in [0.1, 0.15) is 50.7 Å². The Kier molecular flexibility index (Phi) is 7.69. The van der Waals surface area contributed by atoms with E-state index in [9.17, 15) is 19.5 Å². The summed E-state index contributed by atoms with van der Waals surface area (Å²) in [5, 5.41) is 12.2. The maximum absolute atomic E-state index is 13.5. The SMILES string of the molecule is CCCC1SCC(C(=O)O)N1C(=O)[C@@H](NC(=O)OCC1c2ccccc2-c2ccccc21)C(C)C. The molecule has 2 aromatic rings. The fourth-order valence-electron chi connectivity index (χ4n) is 4.96. The van der Waals surface area contributed by atoms with Gasteiger partial charge in [0.1, 0.15) is 18.7 Å². The molecule has 0 spiro atoms. The van der Waals surface area contributed by atoms with Crippen LogP contribution in [0.2, 0.25) is 0 Å². The maximum atomic E-state index is 13.5. The number of benzene rings is 2. The van der Waals surface area contributed by atoms with Crippen LogP contribution >= 0.6 is 11.8 Å². The van der Waals surface area contributed by atoms with Crippen molar-refractivity contribution >= 4 is 29.7 Å². The average Bonchev–Trinajstić information content (AvgIpc) is 3.40. The number of rotatable bonds is 8. The van der Waals surface area contributed by atoms with E-state index in [0.29, 0.717) is 12.2 Å². The fourth-order valence-corrected chi connectivity index (χ4v) is 6.48. The molecule has 3 atom stereocenters. The van der Waals surface area contributed by atoms with Gasteiger partial charge in [0.05, 0.1) is 5.37 Å². The number of alkyl carbamates (subject to hydrolysis) is 1. The summed E-state index contributed by atoms with van der Waals surface area (Å²) in [6, 6.07) is 14.4. The molecular weight excluding hydrogens is 464 g/mol. The molecular formula is C27H32N2O5S. The van der Waals surface area contributed by atoms with Crippen molar-refractivity contribution in [3.8, 4) is 11.1 Å². The van der Waals surface area contributed by atoms with E-state index >= 15 is 0 Å². The van der Waals surface area contributed by atoms with E-state index in [2.05, 4.69) is 17.4 Å². The van der Waals surface area contributed by atoms with Crippen molar-refractivity contribution in [1.29, 1.82) is 0 Å². The van der Waals surface area contributed by atoms with Crippen LogP contribution in [0.4, 0.5) is 4.79 Å². The van der Waals surface area contributed by atoms with E-state index in [0.717, 1.165) is 28.7 Å². The van der Waals surface area contributed by atoms with Gasteiger partial charge in [-0.1, -0.05) is 75.7 Å². The van der Waals surface area contributed by atoms with Crippen LogP contribution in [0.5, 0.6) is 0 Å². The number of nitrogens with one attached hydrogen (secondary N) is 1. The molecule has 1 fully saturated rings. The normalized spacial score (nSPS) is 19.8. The molecule has 35 heavy (non-hydrogen) atoms. The highest BCUT2D eigenvalue weighted by Crippen LogP contribution is 2.44. The van der Waals surface area contributed by atoms with Crippen molar-refractivity contribution < 1.29 is 24.2 Å². The molecule has 0 aromatic heterocycles. The molecule has 2 aromatic carbocycles. The largest absolute Gasteiger partial charge is 0.480 e. The second-order valence-corrected chi connectivity index (χ2v) is 10.6. The number of hydrogen-bond donors (Lipinski definition) is 2. The van der Waals surface area contributed by atoms with Crippen LogP contribution in [0, 0.1) is 5.92 Å². The molecule has 8 heteroatoms. The molecule has 2 unspecified atom stereocenters. The van der Waals surface area contributed by atoms with Gasteiger partial charge in [0.2, 0.25) is 5.91 Å². The Morgan fingerprint density at radius 2 is 1.69 bits per heavy atom. The lowest BCUT2D eigenvalue weighted by atomic mass is 9.98. The monoisotopic (exact) mass is 496 g/mol. The summed E-state index contributed by atoms with van der Waals surface area (Å²) in [4.78, 5) is 39.6. The minimum absolute atomic E-state index is 0.0818. The fraction of sp³-hybridized carbons (Fsp3) is 0.444. The van der Waals surface area contributed by atoms with Gasteiger partial charge in [-0.2, -0.15) is 0 Å². The first-order valence-electron chi connectivity index (χ1n) is 12.1. The Hall–Kier alpha value is -3.00. The number of thioether (sulfide) groups is 1. The van der Waals surface area contributed by atoms with Crippen LogP contribution in [0.15, 0.2) is 48.5 Å². The lowest BCUT2D eigenvalue weighted by Gasteiger charge is -2.32. The highest BCUT2D eigenvalue weighted by Gasteiger charge is 2.44. The number of carbonyl (C=O) groups is 3. The molecule has 0 radical (unpaired) electrons. The zero-order chi connectivity index (χ0) is 25.1. The molecule has 1 aliphatic carbocycles. The average molecular weight is 497 g/mol. The van der Waals surface area contributed by atoms with Crippen LogP contribution in [-0.4, -0.2) is 57.8 Å². The summed E-state index contributed by atoms with van der Waals surface area (Å²) in [5.74, 6) is -1.36. The van der Waals surface area contributed by atoms with E-state index in [1.807, 2.05) is 57.2 Å². The van der Waals surface area contributed by atoms with Gasteiger partial charge < -0.3 is 20.1 Å². The smallest absolute Gasteiger partial charge is 0.407 e. The third-order valence-electron chi connectivity index (χ3n) is 6.72. The van der Waals surface area contributed by atoms with Crippen molar-refractivity contribution in [2.45, 2.75) is 57.0 Å². The standard InChI is InChI=1S/C27H32N2O5S/c1-4-9-23-29(22(15-35-23)26(31)32)25(30)24(16(2)3)28-27(33)34-14-21-19-12-7-5-10-17(19)18-11-6-8-13-20(18)21/h5-8,10-13,16,21-24H,4,9,14-15H2,1-3H3,(H,28,33)(H,31,32)/t22?,23?,24-/m0/s1. The molecule has 0 bridgehead atoms. The van der Waals surface area contributed by atoms with Crippen LogP contribution in [0.3, 0.4) is 0 Å². The van der Waals surface area contributed by atoms with Crippen LogP contribution < -0.4 is 5.32 Å². The molecule has 1 aliphatic heterocycles. The molecule has 186 valence electrons. The van der Waals surface area contributed by atoms with Crippen LogP contribution in [0.25, 0.3) is 11.1 Å². The molecule has 0 saturated carbocycles. The maximum Gasteiger partial charge on any atom is 0.407 e. The molecule has 7 nitrogen and oxygen atoms in total. The quantitative estimate of drug-likeness (QED) is 0.550. The van der Waals surface area contributed by atoms with Crippen LogP contribution in [-0.2, 0) is 14.3 Å². The van der Waals surface area contributed by atoms with Gasteiger partial charge in [-0.15, -0.1) is 11.8 Å². The van der Waals surface area contributed by atoms with E-state index in [1.54, 1.807) is 0 Å². The number of hydrogen-bond acceptors (Lipinski definition) is 5. The Morgan fingerprint density at radius 1 is 1.09 bits per heavy atom. The van der Waals surface area contributed by atoms with E-state index in [4.69, 9.17) is 4.74 Å². The van der Waals surface area contributed by atoms with Gasteiger partial charge in [-0.25, -0.2) is 9.59 Å². The van der Waals surface area contributed by atoms with Gasteiger partial charge in [-0.3, -0.25) is 4.79 Å². The molecule has 2 N–H and O–H groups in total. The Labute approximate surface area is 210 Å². The number of carboxylic acid groups (broad SMARTS) is 1. The van der Waals surface area contributed by atoms with Gasteiger partial charge in [-0.05, 0) is 34.6 Å². The summed E-state index contributed by atoms with van der Waals surface area (Å²) in [7, 11) is 0. The van der Waals surface area contributed by atoms with Gasteiger partial charge >= 0.3 is 12.1 Å². The van der Waals surface area contributed by atoms with Crippen molar-refractivity contribution in [2.24, 2.45) is 5.92 Å². The zero-order valence-corrected chi connectivity index (χ0v) is 21.1. The zero-order valence-electron chi connectivity index (χ0n) is 20.3. The second kappa shape index (κ2) is 10.7. The summed E-state index contributed by atoms with van der Waals surface area (Å²) in [6.45, 7) is 5.82. The number of nitrogens with zero attached hydrogens (tertiary/aromatic N) is 1. The van der Waals surface area contributed by atoms with Gasteiger partial charge in [0, 0.05) is 11.7 Å². The second-order valence-electron chi connectivity index (χ2n) is 9.37. The van der Waals surface area contributed by atoms with Gasteiger partial charge in [0.15, 0.2) is 0 Å². The lowest BCUT2D eigenvalue weighted by molar-refractivity contribution is -0.150. The van der Waals surface area contributed by atoms with Crippen molar-refractivity contribution in [3.05, 3.63) is 59.7 Å². The number of amides is 2. The van der Waals surface area contributed by atoms with Crippen molar-refractivity contribution in [3.63, 3.8) is 0 Å². The lowest BCUT2D eigenvalue weighted by Crippen LogP contribution is -2.56. The summed E-state index contributed by atoms with van der Waals surface area (Å²) in [6.07, 6.45) is 0.861. The molecule has 1 saturated heterocycles. The summed E-state index contributed by atoms with van der Waals surface area (Å²) < 4.78 is 5.64. The minimum Gasteiger partial charge on any atom is -0.480 e. The number of carboxylic acids is 1. The predicted molar refractivity (Wildman–Crippen MR) is 136 cm³/mol. The summed E-state index contributed by atoms with van der Waals surface area (Å²) in [5.41, 5.74) is 4.50. The van der Waals surface area contributed by atoms with Crippen molar-refractivity contribution in [2.75, 3.05) is 12.4 Å². The third kappa shape index (κ3) is 5.03. The van der Waals surface area contributed by atoms with E-state index in [1.165, 1.54) is 16.7 Å². The highest BCUT2D eigenvalue weighted by molar-refractivity contribution is 8.00. The molecule has 4 rings (SSSR count). The number of aliphatic carboxylic acids is 1. The Balaban J connectivity index is 1.46. The van der Waals surface area contributed by atoms with Gasteiger partial charge in [0.25, 0.3) is 0 Å². The van der Waals surface area contributed by atoms with E-state index < -0.39 is 24.1 Å². The Morgan fingerprint density at radius 3 is 2.23 bits per heavy atom. The highest BCUT2D eigenvalue weighted by atomic mass is 32.2. The summed E-state index contributed by atoms with van der Waals surface area (Å²) >= 11 is 1.48. The first-order valence-corrected chi connectivity index (χ1v) is 13.2. The molecule has 2 aliphatic rings.